The number of hydrogen-bond donors (Lipinski definition) is 1. The predicted molar refractivity (Wildman–Crippen MR) is 62.0 cm³/mol. The summed E-state index contributed by atoms with van der Waals surface area (Å²) in [4.78, 5) is 12.0. The Labute approximate surface area is 97.5 Å². The summed E-state index contributed by atoms with van der Waals surface area (Å²) in [6.45, 7) is 4.26. The molecule has 0 aromatic rings. The van der Waals surface area contributed by atoms with E-state index in [9.17, 15) is 4.79 Å². The third-order valence-corrected chi connectivity index (χ3v) is 3.45. The molecule has 0 aromatic heterocycles. The predicted octanol–water partition coefficient (Wildman–Crippen LogP) is 1.47. The minimum atomic E-state index is -0.791. The number of carbonyl (C=O) groups excluding carboxylic acids is 1. The van der Waals surface area contributed by atoms with Gasteiger partial charge in [0.2, 0.25) is 0 Å². The second-order valence-corrected chi connectivity index (χ2v) is 4.86. The molecule has 16 heavy (non-hydrogen) atoms. The monoisotopic (exact) mass is 229 g/mol. The fourth-order valence-corrected chi connectivity index (χ4v) is 2.24. The Balaban J connectivity index is 2.56. The van der Waals surface area contributed by atoms with Gasteiger partial charge in [-0.2, -0.15) is 0 Å². The number of nitrogens with two attached hydrogens (primary N) is 1. The van der Waals surface area contributed by atoms with Crippen LogP contribution in [0.3, 0.4) is 0 Å². The van der Waals surface area contributed by atoms with Crippen molar-refractivity contribution in [2.24, 2.45) is 11.7 Å². The average Bonchev–Trinajstić information content (AvgIpc) is 2.22. The first-order valence-electron chi connectivity index (χ1n) is 5.99. The SMILES string of the molecule is COCC(C)OC(=O)C1(N)CCCCC1C. The van der Waals surface area contributed by atoms with Gasteiger partial charge >= 0.3 is 5.97 Å². The van der Waals surface area contributed by atoms with Crippen LogP contribution in [0.2, 0.25) is 0 Å². The summed E-state index contributed by atoms with van der Waals surface area (Å²) in [6, 6.07) is 0. The maximum atomic E-state index is 12.0. The van der Waals surface area contributed by atoms with E-state index in [0.29, 0.717) is 6.61 Å². The number of carbonyl (C=O) groups is 1. The molecule has 0 aliphatic heterocycles. The summed E-state index contributed by atoms with van der Waals surface area (Å²) in [7, 11) is 1.59. The quantitative estimate of drug-likeness (QED) is 0.742. The summed E-state index contributed by atoms with van der Waals surface area (Å²) < 4.78 is 10.2. The summed E-state index contributed by atoms with van der Waals surface area (Å²) in [5.74, 6) is -0.0762. The maximum absolute atomic E-state index is 12.0. The number of esters is 1. The molecule has 1 rings (SSSR count). The van der Waals surface area contributed by atoms with Crippen LogP contribution in [0.25, 0.3) is 0 Å². The standard InChI is InChI=1S/C12H23NO3/c1-9-6-4-5-7-12(9,13)11(14)16-10(2)8-15-3/h9-10H,4-8,13H2,1-3H3. The lowest BCUT2D eigenvalue weighted by Crippen LogP contribution is -2.56. The normalized spacial score (nSPS) is 32.1. The molecule has 1 aliphatic carbocycles. The van der Waals surface area contributed by atoms with E-state index >= 15 is 0 Å². The topological polar surface area (TPSA) is 61.5 Å². The van der Waals surface area contributed by atoms with Crippen molar-refractivity contribution >= 4 is 5.97 Å². The summed E-state index contributed by atoms with van der Waals surface area (Å²) in [5.41, 5.74) is 5.38. The zero-order chi connectivity index (χ0) is 12.2. The molecule has 0 amide bonds. The second kappa shape index (κ2) is 5.64. The maximum Gasteiger partial charge on any atom is 0.326 e. The second-order valence-electron chi connectivity index (χ2n) is 4.86. The van der Waals surface area contributed by atoms with Crippen molar-refractivity contribution in [3.8, 4) is 0 Å². The van der Waals surface area contributed by atoms with E-state index in [0.717, 1.165) is 25.7 Å². The third-order valence-electron chi connectivity index (χ3n) is 3.45. The van der Waals surface area contributed by atoms with Crippen LogP contribution >= 0.6 is 0 Å². The zero-order valence-electron chi connectivity index (χ0n) is 10.5. The number of rotatable bonds is 4. The van der Waals surface area contributed by atoms with Crippen molar-refractivity contribution in [3.05, 3.63) is 0 Å². The molecule has 1 fully saturated rings. The van der Waals surface area contributed by atoms with E-state index in [2.05, 4.69) is 0 Å². The molecule has 0 aromatic carbocycles. The van der Waals surface area contributed by atoms with Crippen LogP contribution in [0.1, 0.15) is 39.5 Å². The molecule has 0 radical (unpaired) electrons. The first-order chi connectivity index (χ1) is 7.50. The third kappa shape index (κ3) is 2.95. The fraction of sp³-hybridized carbons (Fsp3) is 0.917. The molecule has 3 unspecified atom stereocenters. The van der Waals surface area contributed by atoms with Gasteiger partial charge in [-0.25, -0.2) is 0 Å². The Bertz CT molecular complexity index is 244. The highest BCUT2D eigenvalue weighted by Crippen LogP contribution is 2.32. The van der Waals surface area contributed by atoms with Gasteiger partial charge in [0.1, 0.15) is 11.6 Å². The van der Waals surface area contributed by atoms with Crippen LogP contribution in [-0.4, -0.2) is 31.3 Å². The molecule has 0 saturated heterocycles. The minimum absolute atomic E-state index is 0.198. The average molecular weight is 229 g/mol. The van der Waals surface area contributed by atoms with Gasteiger partial charge in [0, 0.05) is 7.11 Å². The summed E-state index contributed by atoms with van der Waals surface area (Å²) in [6.07, 6.45) is 3.67. The van der Waals surface area contributed by atoms with Crippen LogP contribution in [-0.2, 0) is 14.3 Å². The van der Waals surface area contributed by atoms with Crippen molar-refractivity contribution < 1.29 is 14.3 Å². The van der Waals surface area contributed by atoms with E-state index < -0.39 is 5.54 Å². The van der Waals surface area contributed by atoms with Crippen LogP contribution in [0, 0.1) is 5.92 Å². The number of methoxy groups -OCH3 is 1. The Morgan fingerprint density at radius 3 is 2.81 bits per heavy atom. The van der Waals surface area contributed by atoms with Crippen LogP contribution in [0.15, 0.2) is 0 Å². The Morgan fingerprint density at radius 2 is 2.25 bits per heavy atom. The van der Waals surface area contributed by atoms with Gasteiger partial charge < -0.3 is 15.2 Å². The largest absolute Gasteiger partial charge is 0.459 e. The molecule has 0 bridgehead atoms. The molecule has 4 heteroatoms. The van der Waals surface area contributed by atoms with Crippen LogP contribution in [0.5, 0.6) is 0 Å². The lowest BCUT2D eigenvalue weighted by atomic mass is 9.74. The Morgan fingerprint density at radius 1 is 1.56 bits per heavy atom. The molecule has 4 nitrogen and oxygen atoms in total. The first-order valence-corrected chi connectivity index (χ1v) is 5.99. The molecule has 0 spiro atoms. The van der Waals surface area contributed by atoms with Crippen molar-refractivity contribution in [1.82, 2.24) is 0 Å². The van der Waals surface area contributed by atoms with E-state index in [-0.39, 0.29) is 18.0 Å². The van der Waals surface area contributed by atoms with Crippen molar-refractivity contribution in [1.29, 1.82) is 0 Å². The van der Waals surface area contributed by atoms with Gasteiger partial charge in [0.25, 0.3) is 0 Å². The fourth-order valence-electron chi connectivity index (χ4n) is 2.24. The van der Waals surface area contributed by atoms with Crippen LogP contribution < -0.4 is 5.73 Å². The highest BCUT2D eigenvalue weighted by Gasteiger charge is 2.43. The molecule has 94 valence electrons. The van der Waals surface area contributed by atoms with Gasteiger partial charge in [0.05, 0.1) is 6.61 Å². The summed E-state index contributed by atoms with van der Waals surface area (Å²) >= 11 is 0. The van der Waals surface area contributed by atoms with E-state index in [4.69, 9.17) is 15.2 Å². The lowest BCUT2D eigenvalue weighted by molar-refractivity contribution is -0.160. The molecule has 0 heterocycles. The van der Waals surface area contributed by atoms with Gasteiger partial charge in [-0.1, -0.05) is 19.8 Å². The van der Waals surface area contributed by atoms with Crippen LogP contribution in [0.4, 0.5) is 0 Å². The smallest absolute Gasteiger partial charge is 0.326 e. The van der Waals surface area contributed by atoms with E-state index in [1.54, 1.807) is 7.11 Å². The number of hydrogen-bond acceptors (Lipinski definition) is 4. The van der Waals surface area contributed by atoms with Crippen molar-refractivity contribution in [3.63, 3.8) is 0 Å². The molecule has 1 aliphatic rings. The van der Waals surface area contributed by atoms with Gasteiger partial charge in [0.15, 0.2) is 0 Å². The van der Waals surface area contributed by atoms with E-state index in [1.807, 2.05) is 13.8 Å². The summed E-state index contributed by atoms with van der Waals surface area (Å²) in [5, 5.41) is 0. The van der Waals surface area contributed by atoms with Crippen molar-refractivity contribution in [2.45, 2.75) is 51.2 Å². The van der Waals surface area contributed by atoms with E-state index in [1.165, 1.54) is 0 Å². The zero-order valence-corrected chi connectivity index (χ0v) is 10.5. The highest BCUT2D eigenvalue weighted by molar-refractivity contribution is 5.81. The Hall–Kier alpha value is -0.610. The lowest BCUT2D eigenvalue weighted by Gasteiger charge is -2.37. The molecule has 3 atom stereocenters. The van der Waals surface area contributed by atoms with Crippen molar-refractivity contribution in [2.75, 3.05) is 13.7 Å². The molecular formula is C12H23NO3. The first kappa shape index (κ1) is 13.5. The molecule has 1 saturated carbocycles. The molecular weight excluding hydrogens is 206 g/mol. The van der Waals surface area contributed by atoms with Gasteiger partial charge in [-0.15, -0.1) is 0 Å². The van der Waals surface area contributed by atoms with Gasteiger partial charge in [-0.3, -0.25) is 4.79 Å². The van der Waals surface area contributed by atoms with Gasteiger partial charge in [-0.05, 0) is 25.7 Å². The molecule has 2 N–H and O–H groups in total. The minimum Gasteiger partial charge on any atom is -0.459 e. The Kier molecular flexibility index (Phi) is 4.74. The highest BCUT2D eigenvalue weighted by atomic mass is 16.6. The number of ether oxygens (including phenoxy) is 2.